The average Bonchev–Trinajstić information content (AvgIpc) is 2.51. The maximum absolute atomic E-state index is 13.8. The molecule has 2 nitrogen and oxygen atoms in total. The van der Waals surface area contributed by atoms with Crippen molar-refractivity contribution in [2.45, 2.75) is 45.0 Å². The first-order chi connectivity index (χ1) is 11.6. The lowest BCUT2D eigenvalue weighted by molar-refractivity contribution is 0.398. The first-order valence-electron chi connectivity index (χ1n) is 8.53. The highest BCUT2D eigenvalue weighted by molar-refractivity contribution is 6.43. The van der Waals surface area contributed by atoms with Crippen molar-refractivity contribution in [2.24, 2.45) is 0 Å². The van der Waals surface area contributed by atoms with Crippen molar-refractivity contribution < 1.29 is 4.39 Å². The van der Waals surface area contributed by atoms with Gasteiger partial charge in [0.1, 0.15) is 5.82 Å². The number of hydrogen-bond acceptors (Lipinski definition) is 2. The van der Waals surface area contributed by atoms with Crippen LogP contribution in [-0.4, -0.2) is 28.1 Å². The Labute approximate surface area is 152 Å². The van der Waals surface area contributed by atoms with Gasteiger partial charge in [0.25, 0.3) is 0 Å². The number of nitrogens with one attached hydrogen (secondary N) is 1. The fourth-order valence-electron chi connectivity index (χ4n) is 3.92. The number of rotatable bonds is 2. The first-order valence-corrected chi connectivity index (χ1v) is 8.53. The van der Waals surface area contributed by atoms with E-state index in [0.29, 0.717) is 6.54 Å². The molecule has 4 radical (unpaired) electrons. The van der Waals surface area contributed by atoms with Crippen LogP contribution in [0.3, 0.4) is 0 Å². The van der Waals surface area contributed by atoms with Gasteiger partial charge in [-0.25, -0.2) is 4.39 Å². The largest absolute Gasteiger partial charge is 0.388 e. The minimum atomic E-state index is -1.15. The molecule has 1 aliphatic heterocycles. The van der Waals surface area contributed by atoms with E-state index in [9.17, 15) is 4.39 Å². The molecule has 1 heterocycles. The summed E-state index contributed by atoms with van der Waals surface area (Å²) in [6, 6.07) is 9.07. The predicted molar refractivity (Wildman–Crippen MR) is 105 cm³/mol. The fraction of sp³-hybridized carbons (Fsp3) is 0.400. The molecule has 0 saturated heterocycles. The SMILES string of the molecule is [B]C1([B])N(c2cc(C)c(NC)c(C)c2)Cc2ccc(F)cc2C1(C)C. The molecule has 1 aliphatic rings. The van der Waals surface area contributed by atoms with Crippen LogP contribution in [-0.2, 0) is 12.0 Å². The lowest BCUT2D eigenvalue weighted by Gasteiger charge is -2.56. The third-order valence-electron chi connectivity index (χ3n) is 5.60. The van der Waals surface area contributed by atoms with E-state index >= 15 is 0 Å². The molecule has 3 rings (SSSR count). The van der Waals surface area contributed by atoms with Crippen LogP contribution in [0.4, 0.5) is 15.8 Å². The molecule has 0 aromatic heterocycles. The zero-order valence-electron chi connectivity index (χ0n) is 15.6. The Hall–Kier alpha value is -1.90. The second-order valence-electron chi connectivity index (χ2n) is 7.54. The molecule has 0 fully saturated rings. The number of fused-ring (bicyclic) bond motifs is 1. The van der Waals surface area contributed by atoms with Gasteiger partial charge in [0, 0.05) is 25.0 Å². The van der Waals surface area contributed by atoms with Crippen molar-refractivity contribution in [1.29, 1.82) is 0 Å². The molecular formula is C20H23B2FN2. The van der Waals surface area contributed by atoms with Crippen molar-refractivity contribution in [3.63, 3.8) is 0 Å². The molecule has 0 bridgehead atoms. The molecule has 0 amide bonds. The zero-order valence-corrected chi connectivity index (χ0v) is 15.6. The Morgan fingerprint density at radius 1 is 1.08 bits per heavy atom. The standard InChI is InChI=1S/C20H23B2FN2/c1-12-8-16(9-13(2)18(12)24-5)25-11-14-6-7-15(23)10-17(14)19(3,4)20(25,21)22/h6-10,24H,11H2,1-5H3. The smallest absolute Gasteiger partial charge is 0.123 e. The lowest BCUT2D eigenvalue weighted by atomic mass is 9.44. The van der Waals surface area contributed by atoms with Crippen molar-refractivity contribution in [1.82, 2.24) is 0 Å². The summed E-state index contributed by atoms with van der Waals surface area (Å²) in [7, 11) is 15.2. The summed E-state index contributed by atoms with van der Waals surface area (Å²) in [5.74, 6) is -0.263. The van der Waals surface area contributed by atoms with Gasteiger partial charge in [-0.15, -0.1) is 0 Å². The summed E-state index contributed by atoms with van der Waals surface area (Å²) >= 11 is 0. The molecule has 5 heteroatoms. The third kappa shape index (κ3) is 2.65. The molecule has 0 atom stereocenters. The molecular weight excluding hydrogens is 309 g/mol. The Morgan fingerprint density at radius 3 is 2.24 bits per heavy atom. The van der Waals surface area contributed by atoms with E-state index in [1.54, 1.807) is 6.07 Å². The van der Waals surface area contributed by atoms with Crippen LogP contribution in [0.25, 0.3) is 0 Å². The monoisotopic (exact) mass is 332 g/mol. The summed E-state index contributed by atoms with van der Waals surface area (Å²) < 4.78 is 13.8. The van der Waals surface area contributed by atoms with Gasteiger partial charge in [0.05, 0.1) is 15.7 Å². The van der Waals surface area contributed by atoms with Crippen molar-refractivity contribution in [3.8, 4) is 0 Å². The summed E-state index contributed by atoms with van der Waals surface area (Å²) in [6.45, 7) is 8.62. The van der Waals surface area contributed by atoms with E-state index in [1.807, 2.05) is 31.9 Å². The average molecular weight is 332 g/mol. The number of aryl methyl sites for hydroxylation is 2. The van der Waals surface area contributed by atoms with Gasteiger partial charge >= 0.3 is 0 Å². The van der Waals surface area contributed by atoms with Crippen LogP contribution >= 0.6 is 0 Å². The summed E-state index contributed by atoms with van der Waals surface area (Å²) in [4.78, 5) is 2.02. The van der Waals surface area contributed by atoms with E-state index in [1.165, 1.54) is 6.07 Å². The number of halogens is 1. The Bertz CT molecular complexity index is 807. The van der Waals surface area contributed by atoms with Crippen molar-refractivity contribution in [3.05, 3.63) is 58.4 Å². The molecule has 0 aliphatic carbocycles. The highest BCUT2D eigenvalue weighted by Crippen LogP contribution is 2.45. The van der Waals surface area contributed by atoms with E-state index in [0.717, 1.165) is 33.6 Å². The third-order valence-corrected chi connectivity index (χ3v) is 5.60. The van der Waals surface area contributed by atoms with E-state index < -0.39 is 10.8 Å². The topological polar surface area (TPSA) is 15.3 Å². The molecule has 126 valence electrons. The number of benzene rings is 2. The number of hydrogen-bond donors (Lipinski definition) is 1. The molecule has 2 aromatic carbocycles. The van der Waals surface area contributed by atoms with E-state index in [2.05, 4.69) is 31.3 Å². The molecule has 2 aromatic rings. The van der Waals surface area contributed by atoms with Crippen LogP contribution in [0.1, 0.15) is 36.1 Å². The molecule has 0 unspecified atom stereocenters. The van der Waals surface area contributed by atoms with Gasteiger partial charge in [0.2, 0.25) is 0 Å². The Balaban J connectivity index is 2.17. The highest BCUT2D eigenvalue weighted by Gasteiger charge is 2.46. The summed E-state index contributed by atoms with van der Waals surface area (Å²) in [5.41, 5.74) is 5.66. The molecule has 1 N–H and O–H groups in total. The van der Waals surface area contributed by atoms with Crippen LogP contribution < -0.4 is 10.2 Å². The van der Waals surface area contributed by atoms with E-state index in [4.69, 9.17) is 15.7 Å². The van der Waals surface area contributed by atoms with Crippen LogP contribution in [0.15, 0.2) is 30.3 Å². The second-order valence-corrected chi connectivity index (χ2v) is 7.54. The minimum Gasteiger partial charge on any atom is -0.388 e. The maximum atomic E-state index is 13.8. The Morgan fingerprint density at radius 2 is 1.68 bits per heavy atom. The summed E-state index contributed by atoms with van der Waals surface area (Å²) in [5, 5.41) is 2.08. The van der Waals surface area contributed by atoms with Crippen LogP contribution in [0.5, 0.6) is 0 Å². The van der Waals surface area contributed by atoms with E-state index in [-0.39, 0.29) is 5.82 Å². The van der Waals surface area contributed by atoms with Crippen LogP contribution in [0, 0.1) is 19.7 Å². The quantitative estimate of drug-likeness (QED) is 0.843. The zero-order chi connectivity index (χ0) is 18.6. The maximum Gasteiger partial charge on any atom is 0.123 e. The predicted octanol–water partition coefficient (Wildman–Crippen LogP) is 3.77. The molecule has 25 heavy (non-hydrogen) atoms. The highest BCUT2D eigenvalue weighted by atomic mass is 19.1. The normalized spacial score (nSPS) is 17.9. The molecule has 0 spiro atoms. The number of anilines is 2. The number of nitrogens with zero attached hydrogens (tertiary/aromatic N) is 1. The van der Waals surface area contributed by atoms with Gasteiger partial charge in [-0.05, 0) is 71.1 Å². The fourth-order valence-corrected chi connectivity index (χ4v) is 3.92. The van der Waals surface area contributed by atoms with Gasteiger partial charge < -0.3 is 10.2 Å². The molecule has 0 saturated carbocycles. The minimum absolute atomic E-state index is 0.263. The van der Waals surface area contributed by atoms with Crippen molar-refractivity contribution in [2.75, 3.05) is 17.3 Å². The van der Waals surface area contributed by atoms with Gasteiger partial charge in [-0.3, -0.25) is 0 Å². The summed E-state index contributed by atoms with van der Waals surface area (Å²) in [6.07, 6.45) is 0. The van der Waals surface area contributed by atoms with Gasteiger partial charge in [-0.2, -0.15) is 0 Å². The lowest BCUT2D eigenvalue weighted by Crippen LogP contribution is -2.64. The van der Waals surface area contributed by atoms with Gasteiger partial charge in [0.15, 0.2) is 0 Å². The van der Waals surface area contributed by atoms with Gasteiger partial charge in [-0.1, -0.05) is 19.9 Å². The van der Waals surface area contributed by atoms with Crippen LogP contribution in [0.2, 0.25) is 0 Å². The van der Waals surface area contributed by atoms with Crippen molar-refractivity contribution >= 4 is 27.1 Å². The first kappa shape index (κ1) is 17.9. The Kier molecular flexibility index (Phi) is 4.17. The second kappa shape index (κ2) is 5.82.